The van der Waals surface area contributed by atoms with Crippen molar-refractivity contribution in [3.8, 4) is 0 Å². The maximum Gasteiger partial charge on any atom is 0.329 e. The van der Waals surface area contributed by atoms with Crippen molar-refractivity contribution in [3.63, 3.8) is 0 Å². The van der Waals surface area contributed by atoms with Gasteiger partial charge in [-0.25, -0.2) is 4.98 Å². The zero-order valence-electron chi connectivity index (χ0n) is 12.3. The molecule has 8 nitrogen and oxygen atoms in total. The molecule has 0 radical (unpaired) electrons. The lowest BCUT2D eigenvalue weighted by atomic mass is 9.77. The van der Waals surface area contributed by atoms with Crippen LogP contribution in [-0.2, 0) is 0 Å². The van der Waals surface area contributed by atoms with E-state index in [1.54, 1.807) is 7.05 Å². The molecule has 0 amide bonds. The van der Waals surface area contributed by atoms with Gasteiger partial charge in [-0.1, -0.05) is 19.8 Å². The summed E-state index contributed by atoms with van der Waals surface area (Å²) in [6, 6.07) is 0. The minimum Gasteiger partial charge on any atom is -0.394 e. The molecule has 0 aromatic carbocycles. The Morgan fingerprint density at radius 3 is 2.95 bits per heavy atom. The summed E-state index contributed by atoms with van der Waals surface area (Å²) < 4.78 is 0. The van der Waals surface area contributed by atoms with Crippen LogP contribution in [0.2, 0.25) is 0 Å². The standard InChI is InChI=1S/C13H21N5O3/c1-9-4-3-5-13(6-9,8-19)17-11-10(18(20)21)7-15-12(14-2)16-11/h7,9,19H,3-6,8H2,1-2H3,(H2,14,15,16,17). The van der Waals surface area contributed by atoms with E-state index in [1.807, 2.05) is 0 Å². The van der Waals surface area contributed by atoms with Gasteiger partial charge in [0.1, 0.15) is 6.20 Å². The van der Waals surface area contributed by atoms with Crippen LogP contribution in [0.25, 0.3) is 0 Å². The Morgan fingerprint density at radius 2 is 2.38 bits per heavy atom. The van der Waals surface area contributed by atoms with Crippen molar-refractivity contribution in [1.82, 2.24) is 9.97 Å². The lowest BCUT2D eigenvalue weighted by Gasteiger charge is -2.39. The molecule has 2 unspecified atom stereocenters. The van der Waals surface area contributed by atoms with Crippen LogP contribution in [-0.4, -0.2) is 39.2 Å². The molecule has 8 heteroatoms. The fourth-order valence-electron chi connectivity index (χ4n) is 2.93. The molecule has 116 valence electrons. The van der Waals surface area contributed by atoms with Crippen molar-refractivity contribution in [2.45, 2.75) is 38.1 Å². The first-order valence-corrected chi connectivity index (χ1v) is 7.08. The summed E-state index contributed by atoms with van der Waals surface area (Å²) in [6.07, 6.45) is 4.80. The van der Waals surface area contributed by atoms with Crippen molar-refractivity contribution in [2.75, 3.05) is 24.3 Å². The molecule has 1 heterocycles. The number of hydrogen-bond donors (Lipinski definition) is 3. The largest absolute Gasteiger partial charge is 0.394 e. The quantitative estimate of drug-likeness (QED) is 0.560. The first-order chi connectivity index (χ1) is 9.99. The third-order valence-corrected chi connectivity index (χ3v) is 3.97. The average molecular weight is 295 g/mol. The van der Waals surface area contributed by atoms with Gasteiger partial charge in [0.05, 0.1) is 17.1 Å². The van der Waals surface area contributed by atoms with Gasteiger partial charge in [-0.2, -0.15) is 4.98 Å². The molecule has 1 aliphatic rings. The number of aliphatic hydroxyl groups excluding tert-OH is 1. The van der Waals surface area contributed by atoms with E-state index in [0.29, 0.717) is 11.9 Å². The summed E-state index contributed by atoms with van der Waals surface area (Å²) in [5, 5.41) is 26.8. The SMILES string of the molecule is CNc1ncc([N+](=O)[O-])c(NC2(CO)CCCC(C)C2)n1. The molecule has 0 bridgehead atoms. The fourth-order valence-corrected chi connectivity index (χ4v) is 2.93. The Bertz CT molecular complexity index is 525. The molecule has 1 aromatic rings. The second-order valence-electron chi connectivity index (χ2n) is 5.70. The number of aromatic nitrogens is 2. The third kappa shape index (κ3) is 3.38. The van der Waals surface area contributed by atoms with Crippen LogP contribution in [0.4, 0.5) is 17.5 Å². The number of nitrogens with one attached hydrogen (secondary N) is 2. The van der Waals surface area contributed by atoms with Crippen molar-refractivity contribution < 1.29 is 10.0 Å². The Labute approximate surface area is 123 Å². The van der Waals surface area contributed by atoms with E-state index in [9.17, 15) is 15.2 Å². The van der Waals surface area contributed by atoms with Gasteiger partial charge in [0.25, 0.3) is 0 Å². The highest BCUT2D eigenvalue weighted by atomic mass is 16.6. The lowest BCUT2D eigenvalue weighted by molar-refractivity contribution is -0.384. The molecule has 21 heavy (non-hydrogen) atoms. The van der Waals surface area contributed by atoms with E-state index in [0.717, 1.165) is 25.7 Å². The number of hydrogen-bond acceptors (Lipinski definition) is 7. The summed E-state index contributed by atoms with van der Waals surface area (Å²) >= 11 is 0. The zero-order chi connectivity index (χ0) is 15.5. The average Bonchev–Trinajstić information content (AvgIpc) is 2.46. The first-order valence-electron chi connectivity index (χ1n) is 7.08. The van der Waals surface area contributed by atoms with Crippen LogP contribution in [0.5, 0.6) is 0 Å². The Morgan fingerprint density at radius 1 is 1.62 bits per heavy atom. The highest BCUT2D eigenvalue weighted by Gasteiger charge is 2.36. The molecule has 1 fully saturated rings. The van der Waals surface area contributed by atoms with E-state index in [1.165, 1.54) is 6.20 Å². The Balaban J connectivity index is 2.33. The maximum absolute atomic E-state index is 11.1. The second kappa shape index (κ2) is 6.21. The van der Waals surface area contributed by atoms with Gasteiger partial charge in [0.15, 0.2) is 0 Å². The summed E-state index contributed by atoms with van der Waals surface area (Å²) in [5.74, 6) is 0.922. The minimum atomic E-state index is -0.554. The summed E-state index contributed by atoms with van der Waals surface area (Å²) in [7, 11) is 1.65. The van der Waals surface area contributed by atoms with Crippen LogP contribution in [0.1, 0.15) is 32.6 Å². The van der Waals surface area contributed by atoms with Crippen LogP contribution < -0.4 is 10.6 Å². The summed E-state index contributed by atoms with van der Waals surface area (Å²) in [4.78, 5) is 18.6. The predicted octanol–water partition coefficient (Wildman–Crippen LogP) is 1.78. The Kier molecular flexibility index (Phi) is 4.56. The van der Waals surface area contributed by atoms with Crippen molar-refractivity contribution >= 4 is 17.5 Å². The van der Waals surface area contributed by atoms with Gasteiger partial charge < -0.3 is 15.7 Å². The molecule has 1 aromatic heterocycles. The van der Waals surface area contributed by atoms with Crippen LogP contribution in [0, 0.1) is 16.0 Å². The van der Waals surface area contributed by atoms with Gasteiger partial charge in [0.2, 0.25) is 11.8 Å². The number of anilines is 2. The molecule has 3 N–H and O–H groups in total. The molecule has 2 atom stereocenters. The molecule has 0 aliphatic heterocycles. The molecular weight excluding hydrogens is 274 g/mol. The summed E-state index contributed by atoms with van der Waals surface area (Å²) in [6.45, 7) is 2.05. The van der Waals surface area contributed by atoms with Gasteiger partial charge in [-0.3, -0.25) is 10.1 Å². The highest BCUT2D eigenvalue weighted by molar-refractivity contribution is 5.58. The van der Waals surface area contributed by atoms with Crippen LogP contribution in [0.15, 0.2) is 6.20 Å². The van der Waals surface area contributed by atoms with Crippen molar-refractivity contribution in [1.29, 1.82) is 0 Å². The van der Waals surface area contributed by atoms with Crippen LogP contribution in [0.3, 0.4) is 0 Å². The summed E-state index contributed by atoms with van der Waals surface area (Å²) in [5.41, 5.74) is -0.734. The van der Waals surface area contributed by atoms with E-state index < -0.39 is 10.5 Å². The lowest BCUT2D eigenvalue weighted by Crippen LogP contribution is -2.46. The van der Waals surface area contributed by atoms with E-state index in [-0.39, 0.29) is 18.1 Å². The van der Waals surface area contributed by atoms with Gasteiger partial charge >= 0.3 is 5.69 Å². The number of rotatable bonds is 5. The minimum absolute atomic E-state index is 0.0760. The monoisotopic (exact) mass is 295 g/mol. The normalized spacial score (nSPS) is 25.4. The molecule has 1 aliphatic carbocycles. The van der Waals surface area contributed by atoms with E-state index >= 15 is 0 Å². The number of nitrogens with zero attached hydrogens (tertiary/aromatic N) is 3. The van der Waals surface area contributed by atoms with Gasteiger partial charge in [-0.05, 0) is 18.8 Å². The maximum atomic E-state index is 11.1. The van der Waals surface area contributed by atoms with E-state index in [2.05, 4.69) is 27.5 Å². The topological polar surface area (TPSA) is 113 Å². The molecule has 0 saturated heterocycles. The smallest absolute Gasteiger partial charge is 0.329 e. The molecule has 2 rings (SSSR count). The zero-order valence-corrected chi connectivity index (χ0v) is 12.3. The molecule has 1 saturated carbocycles. The number of aliphatic hydroxyl groups is 1. The molecule has 0 spiro atoms. The van der Waals surface area contributed by atoms with Crippen molar-refractivity contribution in [2.24, 2.45) is 5.92 Å². The predicted molar refractivity (Wildman–Crippen MR) is 79.3 cm³/mol. The second-order valence-corrected chi connectivity index (χ2v) is 5.70. The fraction of sp³-hybridized carbons (Fsp3) is 0.692. The van der Waals surface area contributed by atoms with Gasteiger partial charge in [0, 0.05) is 7.05 Å². The van der Waals surface area contributed by atoms with Crippen LogP contribution >= 0.6 is 0 Å². The number of nitro groups is 1. The molecular formula is C13H21N5O3. The van der Waals surface area contributed by atoms with E-state index in [4.69, 9.17) is 0 Å². The van der Waals surface area contributed by atoms with Gasteiger partial charge in [-0.15, -0.1) is 0 Å². The third-order valence-electron chi connectivity index (χ3n) is 3.97. The Hall–Kier alpha value is -1.96. The van der Waals surface area contributed by atoms with Crippen molar-refractivity contribution in [3.05, 3.63) is 16.3 Å². The highest BCUT2D eigenvalue weighted by Crippen LogP contribution is 2.36. The first kappa shape index (κ1) is 15.4.